The van der Waals surface area contributed by atoms with E-state index in [2.05, 4.69) is 36.6 Å². The Kier molecular flexibility index (Phi) is 2.84. The molecule has 0 unspecified atom stereocenters. The van der Waals surface area contributed by atoms with Gasteiger partial charge in [0.1, 0.15) is 0 Å². The molecule has 3 aromatic rings. The number of anilines is 1. The van der Waals surface area contributed by atoms with Crippen LogP contribution in [0, 0.1) is 6.92 Å². The lowest BCUT2D eigenvalue weighted by atomic mass is 10.0. The van der Waals surface area contributed by atoms with Crippen molar-refractivity contribution in [3.63, 3.8) is 0 Å². The van der Waals surface area contributed by atoms with Gasteiger partial charge in [-0.25, -0.2) is 0 Å². The molecular weight excluding hydrogens is 234 g/mol. The molecule has 19 heavy (non-hydrogen) atoms. The van der Waals surface area contributed by atoms with E-state index in [0.717, 1.165) is 28.7 Å². The number of hydrogen-bond acceptors (Lipinski definition) is 3. The van der Waals surface area contributed by atoms with E-state index in [4.69, 9.17) is 10.8 Å². The fraction of sp³-hybridized carbons (Fsp3) is 0.188. The summed E-state index contributed by atoms with van der Waals surface area (Å²) in [5.41, 5.74) is 7.09. The number of nitrogen functional groups attached to an aromatic ring is 1. The maximum atomic E-state index is 5.73. The highest BCUT2D eigenvalue weighted by atomic mass is 15.2. The maximum absolute atomic E-state index is 5.73. The molecule has 0 bridgehead atoms. The number of nitrogens with two attached hydrogens (primary N) is 1. The Morgan fingerprint density at radius 2 is 1.89 bits per heavy atom. The monoisotopic (exact) mass is 251 g/mol. The van der Waals surface area contributed by atoms with Gasteiger partial charge in [0.15, 0.2) is 0 Å². The summed E-state index contributed by atoms with van der Waals surface area (Å²) in [6, 6.07) is 12.5. The van der Waals surface area contributed by atoms with Crippen molar-refractivity contribution in [3.8, 4) is 0 Å². The van der Waals surface area contributed by atoms with Crippen molar-refractivity contribution in [1.82, 2.24) is 4.98 Å². The second-order valence-corrected chi connectivity index (χ2v) is 4.73. The average molecular weight is 251 g/mol. The van der Waals surface area contributed by atoms with E-state index in [1.54, 1.807) is 0 Å². The van der Waals surface area contributed by atoms with Crippen LogP contribution in [0.25, 0.3) is 21.7 Å². The maximum Gasteiger partial charge on any atom is 0.0804 e. The molecule has 0 aliphatic heterocycles. The molecule has 0 aliphatic rings. The van der Waals surface area contributed by atoms with Gasteiger partial charge in [0.05, 0.1) is 11.2 Å². The van der Waals surface area contributed by atoms with Gasteiger partial charge in [0.25, 0.3) is 0 Å². The highest BCUT2D eigenvalue weighted by Gasteiger charge is 2.12. The predicted molar refractivity (Wildman–Crippen MR) is 81.2 cm³/mol. The minimum Gasteiger partial charge on any atom is -0.323 e. The third-order valence-corrected chi connectivity index (χ3v) is 3.69. The molecule has 0 saturated heterocycles. The third-order valence-electron chi connectivity index (χ3n) is 3.69. The number of pyridine rings is 1. The molecular formula is C16H17N3. The molecule has 0 fully saturated rings. The van der Waals surface area contributed by atoms with Crippen LogP contribution in [-0.4, -0.2) is 4.98 Å². The number of aryl methyl sites for hydroxylation is 1. The molecule has 0 saturated carbocycles. The number of fused-ring (bicyclic) bond motifs is 3. The lowest BCUT2D eigenvalue weighted by Gasteiger charge is -2.14. The van der Waals surface area contributed by atoms with E-state index in [0.29, 0.717) is 0 Å². The zero-order valence-electron chi connectivity index (χ0n) is 11.2. The first-order chi connectivity index (χ1) is 9.26. The molecule has 0 aliphatic carbocycles. The molecule has 0 atom stereocenters. The van der Waals surface area contributed by atoms with Gasteiger partial charge in [-0.15, -0.1) is 0 Å². The summed E-state index contributed by atoms with van der Waals surface area (Å²) < 4.78 is 0. The van der Waals surface area contributed by atoms with E-state index in [1.165, 1.54) is 16.3 Å². The van der Waals surface area contributed by atoms with Gasteiger partial charge in [0.2, 0.25) is 0 Å². The van der Waals surface area contributed by atoms with Crippen molar-refractivity contribution < 1.29 is 0 Å². The fourth-order valence-electron chi connectivity index (χ4n) is 2.75. The summed E-state index contributed by atoms with van der Waals surface area (Å²) >= 11 is 0. The molecule has 3 heteroatoms. The number of hydrogen-bond donors (Lipinski definition) is 2. The largest absolute Gasteiger partial charge is 0.323 e. The van der Waals surface area contributed by atoms with Gasteiger partial charge in [-0.05, 0) is 24.3 Å². The Labute approximate surface area is 112 Å². The van der Waals surface area contributed by atoms with Crippen molar-refractivity contribution in [2.24, 2.45) is 5.84 Å². The van der Waals surface area contributed by atoms with E-state index in [-0.39, 0.29) is 0 Å². The Morgan fingerprint density at radius 3 is 2.63 bits per heavy atom. The number of aromatic nitrogens is 1. The number of rotatable bonds is 2. The standard InChI is InChI=1S/C16H17N3/c1-3-12-10(2)18-15-13-7-5-4-6-11(13)8-9-14(15)16(12)19-17/h4-9H,3,17H2,1-2H3,(H,18,19). The van der Waals surface area contributed by atoms with Crippen LogP contribution >= 0.6 is 0 Å². The van der Waals surface area contributed by atoms with Crippen LogP contribution in [0.3, 0.4) is 0 Å². The summed E-state index contributed by atoms with van der Waals surface area (Å²) in [6.45, 7) is 4.17. The molecule has 3 nitrogen and oxygen atoms in total. The van der Waals surface area contributed by atoms with E-state index in [9.17, 15) is 0 Å². The number of nitrogens with zero attached hydrogens (tertiary/aromatic N) is 1. The molecule has 1 heterocycles. The summed E-state index contributed by atoms with van der Waals surface area (Å²) in [5.74, 6) is 5.73. The quantitative estimate of drug-likeness (QED) is 0.416. The minimum atomic E-state index is 0.918. The van der Waals surface area contributed by atoms with Crippen molar-refractivity contribution in [1.29, 1.82) is 0 Å². The topological polar surface area (TPSA) is 50.9 Å². The smallest absolute Gasteiger partial charge is 0.0804 e. The SMILES string of the molecule is CCc1c(C)nc2c(ccc3ccccc32)c1NN. The number of hydrazine groups is 1. The zero-order valence-corrected chi connectivity index (χ0v) is 11.2. The van der Waals surface area contributed by atoms with Gasteiger partial charge >= 0.3 is 0 Å². The van der Waals surface area contributed by atoms with Gasteiger partial charge in [-0.2, -0.15) is 0 Å². The van der Waals surface area contributed by atoms with Crippen molar-refractivity contribution in [3.05, 3.63) is 47.7 Å². The van der Waals surface area contributed by atoms with E-state index in [1.807, 2.05) is 19.1 Å². The van der Waals surface area contributed by atoms with Crippen molar-refractivity contribution >= 4 is 27.4 Å². The Bertz CT molecular complexity index is 763. The lowest BCUT2D eigenvalue weighted by Crippen LogP contribution is -2.11. The zero-order chi connectivity index (χ0) is 13.4. The van der Waals surface area contributed by atoms with Gasteiger partial charge in [-0.3, -0.25) is 10.8 Å². The first kappa shape index (κ1) is 11.9. The highest BCUT2D eigenvalue weighted by Crippen LogP contribution is 2.32. The van der Waals surface area contributed by atoms with E-state index >= 15 is 0 Å². The van der Waals surface area contributed by atoms with E-state index < -0.39 is 0 Å². The Balaban J connectivity index is 2.52. The number of nitrogens with one attached hydrogen (secondary N) is 1. The predicted octanol–water partition coefficient (Wildman–Crippen LogP) is 3.54. The second-order valence-electron chi connectivity index (χ2n) is 4.73. The van der Waals surface area contributed by atoms with Crippen LogP contribution in [0.1, 0.15) is 18.2 Å². The van der Waals surface area contributed by atoms with Gasteiger partial charge in [0, 0.05) is 16.5 Å². The summed E-state index contributed by atoms with van der Waals surface area (Å²) in [4.78, 5) is 4.79. The molecule has 96 valence electrons. The molecule has 3 N–H and O–H groups in total. The first-order valence-corrected chi connectivity index (χ1v) is 6.53. The number of benzene rings is 2. The van der Waals surface area contributed by atoms with Gasteiger partial charge < -0.3 is 5.43 Å². The van der Waals surface area contributed by atoms with Crippen LogP contribution < -0.4 is 11.3 Å². The van der Waals surface area contributed by atoms with Crippen molar-refractivity contribution in [2.45, 2.75) is 20.3 Å². The fourth-order valence-corrected chi connectivity index (χ4v) is 2.75. The first-order valence-electron chi connectivity index (χ1n) is 6.53. The molecule has 0 radical (unpaired) electrons. The lowest BCUT2D eigenvalue weighted by molar-refractivity contribution is 1.06. The third kappa shape index (κ3) is 1.74. The minimum absolute atomic E-state index is 0.918. The molecule has 3 rings (SSSR count). The van der Waals surface area contributed by atoms with Crippen LogP contribution in [0.2, 0.25) is 0 Å². The Morgan fingerprint density at radius 1 is 1.11 bits per heavy atom. The van der Waals surface area contributed by atoms with Crippen molar-refractivity contribution in [2.75, 3.05) is 5.43 Å². The van der Waals surface area contributed by atoms with Crippen LogP contribution in [-0.2, 0) is 6.42 Å². The summed E-state index contributed by atoms with van der Waals surface area (Å²) in [6.07, 6.45) is 0.918. The summed E-state index contributed by atoms with van der Waals surface area (Å²) in [5, 5.41) is 3.46. The molecule has 2 aromatic carbocycles. The van der Waals surface area contributed by atoms with Crippen LogP contribution in [0.5, 0.6) is 0 Å². The van der Waals surface area contributed by atoms with Crippen LogP contribution in [0.4, 0.5) is 5.69 Å². The summed E-state index contributed by atoms with van der Waals surface area (Å²) in [7, 11) is 0. The normalized spacial score (nSPS) is 11.1. The average Bonchev–Trinajstić information content (AvgIpc) is 2.45. The highest BCUT2D eigenvalue weighted by molar-refractivity contribution is 6.09. The van der Waals surface area contributed by atoms with Gasteiger partial charge in [-0.1, -0.05) is 43.3 Å². The van der Waals surface area contributed by atoms with Crippen LogP contribution in [0.15, 0.2) is 36.4 Å². The molecule has 0 spiro atoms. The Hall–Kier alpha value is -2.13. The second kappa shape index (κ2) is 4.52. The molecule has 0 amide bonds. The molecule has 1 aromatic heterocycles.